The second-order valence-electron chi connectivity index (χ2n) is 8.00. The number of benzene rings is 1. The maximum atomic E-state index is 13.0. The first-order valence-corrected chi connectivity index (χ1v) is 10.5. The summed E-state index contributed by atoms with van der Waals surface area (Å²) in [6.07, 6.45) is 6.41. The predicted molar refractivity (Wildman–Crippen MR) is 108 cm³/mol. The third kappa shape index (κ3) is 5.45. The highest BCUT2D eigenvalue weighted by Crippen LogP contribution is 2.36. The number of ether oxygens (including phenoxy) is 2. The molecule has 1 aliphatic heterocycles. The number of carbonyl (C=O) groups excluding carboxylic acids is 1. The Hall–Kier alpha value is -1.59. The van der Waals surface area contributed by atoms with Gasteiger partial charge in [-0.15, -0.1) is 0 Å². The highest BCUT2D eigenvalue weighted by Gasteiger charge is 2.42. The van der Waals surface area contributed by atoms with E-state index in [4.69, 9.17) is 9.47 Å². The SMILES string of the molecule is CCO[C@]1(C(=O)Nc2ccc(OCCN3CCCC3)cc2)CCC[C@@H](C)C1. The Kier molecular flexibility index (Phi) is 7.13. The summed E-state index contributed by atoms with van der Waals surface area (Å²) in [4.78, 5) is 15.4. The Morgan fingerprint density at radius 3 is 2.63 bits per heavy atom. The lowest BCUT2D eigenvalue weighted by Gasteiger charge is -2.38. The lowest BCUT2D eigenvalue weighted by Crippen LogP contribution is -2.48. The molecule has 150 valence electrons. The number of amides is 1. The Labute approximate surface area is 163 Å². The monoisotopic (exact) mass is 374 g/mol. The van der Waals surface area contributed by atoms with Gasteiger partial charge in [0.05, 0.1) is 0 Å². The summed E-state index contributed by atoms with van der Waals surface area (Å²) in [6, 6.07) is 7.68. The average molecular weight is 375 g/mol. The van der Waals surface area contributed by atoms with Crippen LogP contribution in [0.25, 0.3) is 0 Å². The normalized spacial score (nSPS) is 26.1. The fourth-order valence-electron chi connectivity index (χ4n) is 4.36. The summed E-state index contributed by atoms with van der Waals surface area (Å²) in [5.41, 5.74) is 0.112. The first-order chi connectivity index (χ1) is 13.1. The van der Waals surface area contributed by atoms with Gasteiger partial charge in [-0.2, -0.15) is 0 Å². The molecule has 5 heteroatoms. The molecule has 0 aromatic heterocycles. The van der Waals surface area contributed by atoms with Crippen LogP contribution >= 0.6 is 0 Å². The van der Waals surface area contributed by atoms with Crippen LogP contribution in [-0.2, 0) is 9.53 Å². The third-order valence-corrected chi connectivity index (χ3v) is 5.78. The van der Waals surface area contributed by atoms with Gasteiger partial charge in [0, 0.05) is 18.8 Å². The number of nitrogens with one attached hydrogen (secondary N) is 1. The molecule has 3 rings (SSSR count). The van der Waals surface area contributed by atoms with Crippen LogP contribution in [0, 0.1) is 5.92 Å². The van der Waals surface area contributed by atoms with Crippen molar-refractivity contribution in [1.29, 1.82) is 0 Å². The van der Waals surface area contributed by atoms with Crippen LogP contribution in [-0.4, -0.2) is 49.3 Å². The molecule has 0 unspecified atom stereocenters. The van der Waals surface area contributed by atoms with Crippen molar-refractivity contribution in [2.75, 3.05) is 38.2 Å². The van der Waals surface area contributed by atoms with Crippen molar-refractivity contribution in [1.82, 2.24) is 4.90 Å². The third-order valence-electron chi connectivity index (χ3n) is 5.78. The summed E-state index contributed by atoms with van der Waals surface area (Å²) in [7, 11) is 0. The van der Waals surface area contributed by atoms with Crippen molar-refractivity contribution < 1.29 is 14.3 Å². The zero-order chi connectivity index (χ0) is 19.1. The van der Waals surface area contributed by atoms with Gasteiger partial charge in [-0.3, -0.25) is 9.69 Å². The number of anilines is 1. The van der Waals surface area contributed by atoms with E-state index in [2.05, 4.69) is 17.1 Å². The first kappa shape index (κ1) is 20.2. The van der Waals surface area contributed by atoms with Crippen LogP contribution in [0.4, 0.5) is 5.69 Å². The van der Waals surface area contributed by atoms with Crippen molar-refractivity contribution >= 4 is 11.6 Å². The molecule has 5 nitrogen and oxygen atoms in total. The Morgan fingerprint density at radius 2 is 1.96 bits per heavy atom. The van der Waals surface area contributed by atoms with Gasteiger partial charge in [-0.25, -0.2) is 0 Å². The maximum Gasteiger partial charge on any atom is 0.256 e. The molecule has 1 heterocycles. The van der Waals surface area contributed by atoms with Crippen molar-refractivity contribution in [3.05, 3.63) is 24.3 Å². The van der Waals surface area contributed by atoms with Gasteiger partial charge in [0.1, 0.15) is 18.0 Å². The van der Waals surface area contributed by atoms with Gasteiger partial charge in [0.2, 0.25) is 0 Å². The molecule has 1 aromatic rings. The van der Waals surface area contributed by atoms with E-state index in [0.29, 0.717) is 19.1 Å². The highest BCUT2D eigenvalue weighted by molar-refractivity contribution is 5.97. The van der Waals surface area contributed by atoms with E-state index in [0.717, 1.165) is 37.2 Å². The fourth-order valence-corrected chi connectivity index (χ4v) is 4.36. The number of hydrogen-bond donors (Lipinski definition) is 1. The molecule has 1 saturated carbocycles. The van der Waals surface area contributed by atoms with Crippen molar-refractivity contribution in [3.8, 4) is 5.75 Å². The predicted octanol–water partition coefficient (Wildman–Crippen LogP) is 4.09. The second kappa shape index (κ2) is 9.56. The largest absolute Gasteiger partial charge is 0.492 e. The van der Waals surface area contributed by atoms with Crippen molar-refractivity contribution in [2.24, 2.45) is 5.92 Å². The molecule has 2 aliphatic rings. The van der Waals surface area contributed by atoms with Gasteiger partial charge in [0.15, 0.2) is 0 Å². The van der Waals surface area contributed by atoms with E-state index >= 15 is 0 Å². The quantitative estimate of drug-likeness (QED) is 0.745. The summed E-state index contributed by atoms with van der Waals surface area (Å²) in [6.45, 7) is 8.79. The molecular weight excluding hydrogens is 340 g/mol. The highest BCUT2D eigenvalue weighted by atomic mass is 16.5. The number of nitrogens with zero attached hydrogens (tertiary/aromatic N) is 1. The van der Waals surface area contributed by atoms with Crippen LogP contribution in [0.15, 0.2) is 24.3 Å². The summed E-state index contributed by atoms with van der Waals surface area (Å²) < 4.78 is 11.8. The lowest BCUT2D eigenvalue weighted by atomic mass is 9.78. The molecule has 1 aromatic carbocycles. The minimum absolute atomic E-state index is 0.0152. The van der Waals surface area contributed by atoms with E-state index in [9.17, 15) is 4.79 Å². The van der Waals surface area contributed by atoms with Crippen LogP contribution in [0.3, 0.4) is 0 Å². The lowest BCUT2D eigenvalue weighted by molar-refractivity contribution is -0.147. The van der Waals surface area contributed by atoms with Crippen molar-refractivity contribution in [3.63, 3.8) is 0 Å². The number of rotatable bonds is 8. The molecule has 27 heavy (non-hydrogen) atoms. The fraction of sp³-hybridized carbons (Fsp3) is 0.682. The second-order valence-corrected chi connectivity index (χ2v) is 8.00. The molecule has 2 fully saturated rings. The number of hydrogen-bond acceptors (Lipinski definition) is 4. The molecule has 1 aliphatic carbocycles. The topological polar surface area (TPSA) is 50.8 Å². The molecule has 1 amide bonds. The molecule has 1 saturated heterocycles. The van der Waals surface area contributed by atoms with E-state index in [-0.39, 0.29) is 5.91 Å². The zero-order valence-corrected chi connectivity index (χ0v) is 16.8. The molecule has 1 N–H and O–H groups in total. The van der Waals surface area contributed by atoms with E-state index in [1.807, 2.05) is 31.2 Å². The van der Waals surface area contributed by atoms with Gasteiger partial charge in [-0.1, -0.05) is 13.3 Å². The summed E-state index contributed by atoms with van der Waals surface area (Å²) in [5, 5.41) is 3.06. The molecule has 0 bridgehead atoms. The Balaban J connectivity index is 1.52. The van der Waals surface area contributed by atoms with Gasteiger partial charge in [-0.05, 0) is 82.3 Å². The van der Waals surface area contributed by atoms with Crippen LogP contribution in [0.1, 0.15) is 52.4 Å². The molecule has 2 atom stereocenters. The minimum Gasteiger partial charge on any atom is -0.492 e. The van der Waals surface area contributed by atoms with Crippen LogP contribution in [0.2, 0.25) is 0 Å². The standard InChI is InChI=1S/C22H34N2O3/c1-3-27-22(12-6-7-18(2)17-22)21(25)23-19-8-10-20(11-9-19)26-16-15-24-13-4-5-14-24/h8-11,18H,3-7,12-17H2,1-2H3,(H,23,25)/t18-,22-/m1/s1. The summed E-state index contributed by atoms with van der Waals surface area (Å²) in [5.74, 6) is 1.35. The number of likely N-dealkylation sites (tertiary alicyclic amines) is 1. The number of carbonyl (C=O) groups is 1. The molecule has 0 radical (unpaired) electrons. The Morgan fingerprint density at radius 1 is 1.22 bits per heavy atom. The zero-order valence-electron chi connectivity index (χ0n) is 16.8. The van der Waals surface area contributed by atoms with E-state index < -0.39 is 5.60 Å². The van der Waals surface area contributed by atoms with Gasteiger partial charge >= 0.3 is 0 Å². The van der Waals surface area contributed by atoms with Crippen LogP contribution in [0.5, 0.6) is 5.75 Å². The van der Waals surface area contributed by atoms with Crippen molar-refractivity contribution in [2.45, 2.75) is 58.0 Å². The van der Waals surface area contributed by atoms with E-state index in [1.165, 1.54) is 32.4 Å². The average Bonchev–Trinajstić information content (AvgIpc) is 3.17. The van der Waals surface area contributed by atoms with Crippen LogP contribution < -0.4 is 10.1 Å². The summed E-state index contributed by atoms with van der Waals surface area (Å²) >= 11 is 0. The maximum absolute atomic E-state index is 13.0. The smallest absolute Gasteiger partial charge is 0.256 e. The minimum atomic E-state index is -0.683. The van der Waals surface area contributed by atoms with Gasteiger partial charge in [0.25, 0.3) is 5.91 Å². The molecular formula is C22H34N2O3. The van der Waals surface area contributed by atoms with Gasteiger partial charge < -0.3 is 14.8 Å². The molecule has 0 spiro atoms. The van der Waals surface area contributed by atoms with E-state index in [1.54, 1.807) is 0 Å². The first-order valence-electron chi connectivity index (χ1n) is 10.5. The Bertz CT molecular complexity index is 594.